The number of ether oxygens (including phenoxy) is 1. The molecule has 26 heavy (non-hydrogen) atoms. The largest absolute Gasteiger partial charge is 0.484 e. The summed E-state index contributed by atoms with van der Waals surface area (Å²) in [5.74, 6) is 0.855. The summed E-state index contributed by atoms with van der Waals surface area (Å²) in [6, 6.07) is 10.9. The van der Waals surface area contributed by atoms with Gasteiger partial charge in [0, 0.05) is 23.0 Å². The average molecular weight is 355 g/mol. The Kier molecular flexibility index (Phi) is 5.30. The minimum Gasteiger partial charge on any atom is -0.484 e. The summed E-state index contributed by atoms with van der Waals surface area (Å²) in [4.78, 5) is 24.2. The second kappa shape index (κ2) is 7.64. The molecule has 0 spiro atoms. The van der Waals surface area contributed by atoms with Crippen LogP contribution in [0, 0.1) is 19.8 Å². The Morgan fingerprint density at radius 2 is 1.73 bits per heavy atom. The molecule has 6 heteroatoms. The summed E-state index contributed by atoms with van der Waals surface area (Å²) in [7, 11) is 0. The van der Waals surface area contributed by atoms with Crippen LogP contribution in [0.25, 0.3) is 0 Å². The van der Waals surface area contributed by atoms with Gasteiger partial charge in [0.15, 0.2) is 6.61 Å². The third kappa shape index (κ3) is 4.45. The molecule has 1 atom stereocenters. The van der Waals surface area contributed by atoms with Crippen LogP contribution in [-0.2, 0) is 4.79 Å². The summed E-state index contributed by atoms with van der Waals surface area (Å²) >= 11 is 0. The van der Waals surface area contributed by atoms with Crippen molar-refractivity contribution in [2.45, 2.75) is 39.7 Å². The zero-order chi connectivity index (χ0) is 18.7. The highest BCUT2D eigenvalue weighted by Gasteiger charge is 2.28. The van der Waals surface area contributed by atoms with Gasteiger partial charge in [0.2, 0.25) is 0 Å². The highest BCUT2D eigenvalue weighted by atomic mass is 16.5. The van der Waals surface area contributed by atoms with Gasteiger partial charge in [-0.25, -0.2) is 0 Å². The third-order valence-electron chi connectivity index (χ3n) is 4.69. The number of hydrogen-bond acceptors (Lipinski definition) is 3. The van der Waals surface area contributed by atoms with Gasteiger partial charge in [-0.1, -0.05) is 0 Å². The summed E-state index contributed by atoms with van der Waals surface area (Å²) in [6.45, 7) is 5.86. The van der Waals surface area contributed by atoms with Crippen molar-refractivity contribution in [3.05, 3.63) is 53.3 Å². The molecule has 0 bridgehead atoms. The molecule has 0 aliphatic heterocycles. The minimum atomic E-state index is -0.199. The fourth-order valence-electron chi connectivity index (χ4n) is 2.87. The summed E-state index contributed by atoms with van der Waals surface area (Å²) < 4.78 is 7.25. The van der Waals surface area contributed by atoms with E-state index in [1.807, 2.05) is 32.9 Å². The number of amides is 2. The van der Waals surface area contributed by atoms with Gasteiger partial charge in [0.25, 0.3) is 11.8 Å². The van der Waals surface area contributed by atoms with E-state index in [0.717, 1.165) is 11.4 Å². The molecular weight excluding hydrogens is 330 g/mol. The Hall–Kier alpha value is -2.76. The van der Waals surface area contributed by atoms with E-state index < -0.39 is 0 Å². The van der Waals surface area contributed by atoms with Crippen molar-refractivity contribution in [2.75, 3.05) is 12.0 Å². The second-order valence-corrected chi connectivity index (χ2v) is 6.90. The Morgan fingerprint density at radius 1 is 1.12 bits per heavy atom. The molecule has 1 heterocycles. The Balaban J connectivity index is 1.51. The standard InChI is InChI=1S/C20H25N3O3/c1-13-4-5-14(2)23(13)22-20(25)17-8-10-18(11-9-17)26-12-19(24)21-15(3)16-6-7-16/h4-5,8-11,15-16H,6-7,12H2,1-3H3,(H,21,24)(H,22,25)/t15-/m1/s1. The number of carbonyl (C=O) groups is 2. The van der Waals surface area contributed by atoms with E-state index in [1.165, 1.54) is 12.8 Å². The SMILES string of the molecule is Cc1ccc(C)n1NC(=O)c1ccc(OCC(=O)N[C@H](C)C2CC2)cc1. The van der Waals surface area contributed by atoms with Gasteiger partial charge in [-0.05, 0) is 75.9 Å². The van der Waals surface area contributed by atoms with Crippen LogP contribution >= 0.6 is 0 Å². The maximum absolute atomic E-state index is 12.3. The van der Waals surface area contributed by atoms with Crippen LogP contribution in [0.3, 0.4) is 0 Å². The van der Waals surface area contributed by atoms with Crippen molar-refractivity contribution in [3.63, 3.8) is 0 Å². The molecule has 1 aliphatic carbocycles. The van der Waals surface area contributed by atoms with Gasteiger partial charge in [-0.2, -0.15) is 0 Å². The number of nitrogens with one attached hydrogen (secondary N) is 2. The van der Waals surface area contributed by atoms with E-state index in [-0.39, 0.29) is 24.5 Å². The lowest BCUT2D eigenvalue weighted by Gasteiger charge is -2.13. The Bertz CT molecular complexity index is 772. The van der Waals surface area contributed by atoms with Gasteiger partial charge in [0.05, 0.1) is 0 Å². The Labute approximate surface area is 153 Å². The monoisotopic (exact) mass is 355 g/mol. The fraction of sp³-hybridized carbons (Fsp3) is 0.400. The number of rotatable bonds is 7. The number of benzene rings is 1. The Morgan fingerprint density at radius 3 is 2.31 bits per heavy atom. The number of nitrogens with zero attached hydrogens (tertiary/aromatic N) is 1. The molecule has 2 N–H and O–H groups in total. The first-order chi connectivity index (χ1) is 12.4. The molecule has 0 unspecified atom stereocenters. The smallest absolute Gasteiger partial charge is 0.270 e. The molecule has 1 saturated carbocycles. The predicted molar refractivity (Wildman–Crippen MR) is 99.9 cm³/mol. The summed E-state index contributed by atoms with van der Waals surface area (Å²) in [5, 5.41) is 2.95. The number of aromatic nitrogens is 1. The maximum Gasteiger partial charge on any atom is 0.270 e. The van der Waals surface area contributed by atoms with E-state index in [1.54, 1.807) is 28.9 Å². The quantitative estimate of drug-likeness (QED) is 0.802. The topological polar surface area (TPSA) is 72.4 Å². The third-order valence-corrected chi connectivity index (χ3v) is 4.69. The number of aryl methyl sites for hydroxylation is 2. The lowest BCUT2D eigenvalue weighted by Crippen LogP contribution is -2.37. The molecular formula is C20H25N3O3. The molecule has 1 aromatic carbocycles. The number of hydrogen-bond donors (Lipinski definition) is 2. The minimum absolute atomic E-state index is 0.0235. The molecule has 2 aromatic rings. The van der Waals surface area contributed by atoms with Gasteiger partial charge in [-0.3, -0.25) is 19.7 Å². The zero-order valence-electron chi connectivity index (χ0n) is 15.4. The molecule has 0 radical (unpaired) electrons. The fourth-order valence-corrected chi connectivity index (χ4v) is 2.87. The normalized spacial score (nSPS) is 14.6. The average Bonchev–Trinajstić information content (AvgIpc) is 3.43. The van der Waals surface area contributed by atoms with E-state index in [2.05, 4.69) is 10.7 Å². The van der Waals surface area contributed by atoms with Crippen LogP contribution < -0.4 is 15.5 Å². The molecule has 3 rings (SSSR count). The van der Waals surface area contributed by atoms with Crippen LogP contribution in [0.5, 0.6) is 5.75 Å². The predicted octanol–water partition coefficient (Wildman–Crippen LogP) is 2.78. The lowest BCUT2D eigenvalue weighted by molar-refractivity contribution is -0.123. The van der Waals surface area contributed by atoms with E-state index >= 15 is 0 Å². The molecule has 1 aliphatic rings. The van der Waals surface area contributed by atoms with Crippen molar-refractivity contribution in [1.29, 1.82) is 0 Å². The van der Waals surface area contributed by atoms with Crippen LogP contribution in [-0.4, -0.2) is 29.1 Å². The molecule has 1 aromatic heterocycles. The van der Waals surface area contributed by atoms with Gasteiger partial charge in [-0.15, -0.1) is 0 Å². The van der Waals surface area contributed by atoms with Crippen molar-refractivity contribution in [2.24, 2.45) is 5.92 Å². The molecule has 0 saturated heterocycles. The van der Waals surface area contributed by atoms with Crippen molar-refractivity contribution in [1.82, 2.24) is 9.99 Å². The first-order valence-electron chi connectivity index (χ1n) is 8.92. The van der Waals surface area contributed by atoms with Crippen LogP contribution in [0.4, 0.5) is 0 Å². The van der Waals surface area contributed by atoms with Gasteiger partial charge >= 0.3 is 0 Å². The van der Waals surface area contributed by atoms with E-state index in [4.69, 9.17) is 4.74 Å². The first kappa shape index (κ1) is 18.0. The van der Waals surface area contributed by atoms with Crippen LogP contribution in [0.2, 0.25) is 0 Å². The van der Waals surface area contributed by atoms with Crippen LogP contribution in [0.1, 0.15) is 41.5 Å². The first-order valence-corrected chi connectivity index (χ1v) is 8.92. The molecule has 6 nitrogen and oxygen atoms in total. The van der Waals surface area contributed by atoms with Crippen molar-refractivity contribution < 1.29 is 14.3 Å². The molecule has 2 amide bonds. The number of carbonyl (C=O) groups excluding carboxylic acids is 2. The highest BCUT2D eigenvalue weighted by Crippen LogP contribution is 2.32. The van der Waals surface area contributed by atoms with Crippen LogP contribution in [0.15, 0.2) is 36.4 Å². The zero-order valence-corrected chi connectivity index (χ0v) is 15.4. The van der Waals surface area contributed by atoms with Crippen molar-refractivity contribution >= 4 is 11.8 Å². The van der Waals surface area contributed by atoms with Gasteiger partial charge < -0.3 is 10.1 Å². The maximum atomic E-state index is 12.3. The summed E-state index contributed by atoms with van der Waals surface area (Å²) in [6.07, 6.45) is 2.38. The highest BCUT2D eigenvalue weighted by molar-refractivity contribution is 6.00. The summed E-state index contributed by atoms with van der Waals surface area (Å²) in [5.41, 5.74) is 5.30. The van der Waals surface area contributed by atoms with E-state index in [0.29, 0.717) is 17.2 Å². The second-order valence-electron chi connectivity index (χ2n) is 6.90. The lowest BCUT2D eigenvalue weighted by atomic mass is 10.2. The molecule has 138 valence electrons. The van der Waals surface area contributed by atoms with Gasteiger partial charge in [0.1, 0.15) is 5.75 Å². The van der Waals surface area contributed by atoms with E-state index in [9.17, 15) is 9.59 Å². The van der Waals surface area contributed by atoms with Crippen molar-refractivity contribution in [3.8, 4) is 5.75 Å². The molecule has 1 fully saturated rings.